The van der Waals surface area contributed by atoms with Gasteiger partial charge in [-0.25, -0.2) is 17.6 Å². The Bertz CT molecular complexity index is 2450. The Morgan fingerprint density at radius 3 is 1.39 bits per heavy atom. The summed E-state index contributed by atoms with van der Waals surface area (Å²) in [5.74, 6) is -5.70. The minimum Gasteiger partial charge on any atom is -0.466 e. The van der Waals surface area contributed by atoms with Gasteiger partial charge in [0.25, 0.3) is 0 Å². The summed E-state index contributed by atoms with van der Waals surface area (Å²) in [5, 5.41) is 33.1. The lowest BCUT2D eigenvalue weighted by Gasteiger charge is -2.27. The Kier molecular flexibility index (Phi) is 20.6. The van der Waals surface area contributed by atoms with Gasteiger partial charge in [0.05, 0.1) is 42.4 Å². The lowest BCUT2D eigenvalue weighted by Crippen LogP contribution is -2.49. The molecule has 2 amide bonds. The van der Waals surface area contributed by atoms with E-state index in [9.17, 15) is 68.5 Å². The monoisotopic (exact) mass is 1030 g/mol. The van der Waals surface area contributed by atoms with E-state index in [1.165, 1.54) is 51.1 Å². The number of esters is 1. The molecule has 2 aliphatic carbocycles. The molecule has 0 aliphatic heterocycles. The van der Waals surface area contributed by atoms with Gasteiger partial charge in [-0.2, -0.15) is 26.3 Å². The van der Waals surface area contributed by atoms with Gasteiger partial charge in [0, 0.05) is 57.1 Å². The van der Waals surface area contributed by atoms with E-state index in [1.807, 2.05) is 0 Å². The van der Waals surface area contributed by atoms with Gasteiger partial charge in [-0.05, 0) is 116 Å². The van der Waals surface area contributed by atoms with Gasteiger partial charge in [0.15, 0.2) is 0 Å². The van der Waals surface area contributed by atoms with Crippen LogP contribution in [-0.4, -0.2) is 84.3 Å². The van der Waals surface area contributed by atoms with E-state index in [1.54, 1.807) is 25.1 Å². The van der Waals surface area contributed by atoms with Gasteiger partial charge < -0.3 is 36.2 Å². The van der Waals surface area contributed by atoms with Crippen LogP contribution in [0.25, 0.3) is 5.57 Å². The van der Waals surface area contributed by atoms with Crippen LogP contribution in [-0.2, 0) is 43.0 Å². The van der Waals surface area contributed by atoms with Crippen molar-refractivity contribution in [3.63, 3.8) is 0 Å². The van der Waals surface area contributed by atoms with Crippen LogP contribution >= 0.6 is 0 Å². The summed E-state index contributed by atoms with van der Waals surface area (Å²) in [5.41, 5.74) is -0.0793. The third-order valence-electron chi connectivity index (χ3n) is 12.1. The number of amides is 2. The maximum absolute atomic E-state index is 13.5. The molecule has 394 valence electrons. The normalized spacial score (nSPS) is 16.5. The Morgan fingerprint density at radius 2 is 1.06 bits per heavy atom. The van der Waals surface area contributed by atoms with Crippen molar-refractivity contribution >= 4 is 23.4 Å². The van der Waals surface area contributed by atoms with Crippen molar-refractivity contribution in [2.24, 2.45) is 0 Å². The van der Waals surface area contributed by atoms with Crippen molar-refractivity contribution in [3.05, 3.63) is 148 Å². The second kappa shape index (κ2) is 25.2. The molecule has 0 heterocycles. The molecule has 2 saturated carbocycles. The summed E-state index contributed by atoms with van der Waals surface area (Å²) >= 11 is 0. The topological polar surface area (TPSA) is 149 Å². The number of rotatable bonds is 19. The predicted octanol–water partition coefficient (Wildman–Crippen LogP) is 9.11. The molecule has 0 radical (unpaired) electrons. The van der Waals surface area contributed by atoms with E-state index in [4.69, 9.17) is 0 Å². The summed E-state index contributed by atoms with van der Waals surface area (Å²) in [6.45, 7) is 10.5. The van der Waals surface area contributed by atoms with Gasteiger partial charge in [-0.1, -0.05) is 49.0 Å². The number of carbonyl (C=O) groups is 3. The Labute approximate surface area is 411 Å². The smallest absolute Gasteiger partial charge is 0.416 e. The first-order valence-corrected chi connectivity index (χ1v) is 23.0. The number of halogens is 10. The molecule has 20 heteroatoms. The van der Waals surface area contributed by atoms with E-state index in [0.717, 1.165) is 43.3 Å². The first-order valence-electron chi connectivity index (χ1n) is 23.0. The maximum atomic E-state index is 13.5. The molecule has 5 atom stereocenters. The minimum atomic E-state index is -4.54. The van der Waals surface area contributed by atoms with Gasteiger partial charge in [0.2, 0.25) is 11.8 Å². The number of aliphatic hydroxyl groups is 2. The van der Waals surface area contributed by atoms with Crippen molar-refractivity contribution in [3.8, 4) is 0 Å². The summed E-state index contributed by atoms with van der Waals surface area (Å²) in [6, 6.07) is 16.7. The van der Waals surface area contributed by atoms with Crippen molar-refractivity contribution < 1.29 is 73.2 Å². The van der Waals surface area contributed by atoms with Gasteiger partial charge in [-0.3, -0.25) is 14.4 Å². The fourth-order valence-corrected chi connectivity index (χ4v) is 7.99. The third kappa shape index (κ3) is 18.0. The highest BCUT2D eigenvalue weighted by atomic mass is 19.4. The number of allylic oxidation sites excluding steroid dienone is 1. The minimum absolute atomic E-state index is 0.00267. The summed E-state index contributed by atoms with van der Waals surface area (Å²) in [6.07, 6.45) is -8.44. The number of aliphatic hydroxyl groups excluding tert-OH is 2. The molecule has 6 N–H and O–H groups in total. The quantitative estimate of drug-likeness (QED) is 0.0403. The molecule has 0 saturated heterocycles. The number of hydrogen-bond donors (Lipinski definition) is 6. The molecule has 0 spiro atoms. The van der Waals surface area contributed by atoms with Gasteiger partial charge in [-0.15, -0.1) is 0 Å². The highest BCUT2D eigenvalue weighted by Gasteiger charge is 2.46. The van der Waals surface area contributed by atoms with Crippen molar-refractivity contribution in [1.29, 1.82) is 0 Å². The molecular formula is C52H60F10N4O6. The number of nitrogens with one attached hydrogen (secondary N) is 4. The Hall–Kier alpha value is -5.83. The second-order valence-electron chi connectivity index (χ2n) is 18.0. The summed E-state index contributed by atoms with van der Waals surface area (Å²) in [4.78, 5) is 33.0. The maximum Gasteiger partial charge on any atom is 0.416 e. The average Bonchev–Trinajstić information content (AvgIpc) is 4.22. The van der Waals surface area contributed by atoms with Crippen molar-refractivity contribution in [1.82, 2.24) is 21.3 Å². The van der Waals surface area contributed by atoms with Crippen molar-refractivity contribution in [2.45, 2.75) is 127 Å². The Balaban J connectivity index is 0.000000281. The van der Waals surface area contributed by atoms with Crippen LogP contribution in [0.3, 0.4) is 0 Å². The lowest BCUT2D eigenvalue weighted by molar-refractivity contribution is -0.146. The standard InChI is InChI=1S/C24H27F5N2O2.C24H25F5N2O2.C4H8O2/c2*1-14(24(27,28)29)17-4-3-5-18(11-17)23(6-7-23)30-13-22(33)21(31-15(2)32)10-16-8-19(25)12-20(26)9-16;1-3-6-4(2)5/h3-5,8-9,11-12,14,21-22,30,33H,6-7,10,13H2,1-2H3,(H,31,32);3-5,8-9,11-12,21-22,30,33H,1,6-7,10,13H2,2H3,(H,31,32);3H2,1-2H3. The van der Waals surface area contributed by atoms with Crippen LogP contribution in [0.15, 0.2) is 91.5 Å². The molecule has 2 aliphatic rings. The van der Waals surface area contributed by atoms with Crippen LogP contribution in [0.1, 0.15) is 99.6 Å². The number of benzene rings is 4. The number of alkyl halides is 6. The highest BCUT2D eigenvalue weighted by molar-refractivity contribution is 5.73. The van der Waals surface area contributed by atoms with E-state index in [0.29, 0.717) is 43.4 Å². The Morgan fingerprint density at radius 1 is 0.653 bits per heavy atom. The van der Waals surface area contributed by atoms with Crippen LogP contribution in [0.5, 0.6) is 0 Å². The molecule has 5 unspecified atom stereocenters. The summed E-state index contributed by atoms with van der Waals surface area (Å²) in [7, 11) is 0. The largest absolute Gasteiger partial charge is 0.466 e. The van der Waals surface area contributed by atoms with Crippen LogP contribution in [0, 0.1) is 23.3 Å². The molecule has 0 aromatic heterocycles. The second-order valence-corrected chi connectivity index (χ2v) is 18.0. The van der Waals surface area contributed by atoms with E-state index in [-0.39, 0.29) is 54.2 Å². The SMILES string of the molecule is C=C(c1cccc(C2(NCC(O)C(Cc3cc(F)cc(F)c3)NC(C)=O)CC2)c1)C(F)(F)F.CC(=O)NC(Cc1cc(F)cc(F)c1)C(O)CNC1(c2cccc(C(C)C(F)(F)F)c2)CC1.CCOC(C)=O. The third-order valence-corrected chi connectivity index (χ3v) is 12.1. The van der Waals surface area contributed by atoms with Crippen LogP contribution in [0.4, 0.5) is 43.9 Å². The first kappa shape index (κ1) is 58.7. The first-order chi connectivity index (χ1) is 33.6. The zero-order valence-corrected chi connectivity index (χ0v) is 40.3. The number of hydrogen-bond acceptors (Lipinski definition) is 8. The molecule has 2 fully saturated rings. The summed E-state index contributed by atoms with van der Waals surface area (Å²) < 4.78 is 137. The van der Waals surface area contributed by atoms with Gasteiger partial charge in [0.1, 0.15) is 23.3 Å². The van der Waals surface area contributed by atoms with E-state index >= 15 is 0 Å². The van der Waals surface area contributed by atoms with Gasteiger partial charge >= 0.3 is 18.3 Å². The van der Waals surface area contributed by atoms with Crippen LogP contribution < -0.4 is 21.3 Å². The highest BCUT2D eigenvalue weighted by Crippen LogP contribution is 2.48. The zero-order chi connectivity index (χ0) is 53.8. The molecule has 4 aromatic carbocycles. The molecular weight excluding hydrogens is 967 g/mol. The average molecular weight is 1030 g/mol. The fraction of sp³-hybridized carbons (Fsp3) is 0.442. The molecule has 6 rings (SSSR count). The predicted molar refractivity (Wildman–Crippen MR) is 250 cm³/mol. The molecule has 10 nitrogen and oxygen atoms in total. The zero-order valence-electron chi connectivity index (χ0n) is 40.3. The van der Waals surface area contributed by atoms with Crippen LogP contribution in [0.2, 0.25) is 0 Å². The van der Waals surface area contributed by atoms with E-state index in [2.05, 4.69) is 32.6 Å². The van der Waals surface area contributed by atoms with E-state index < -0.39 is 94.3 Å². The number of ether oxygens (including phenoxy) is 1. The number of carbonyl (C=O) groups excluding carboxylic acids is 3. The van der Waals surface area contributed by atoms with Crippen molar-refractivity contribution in [2.75, 3.05) is 19.7 Å². The lowest BCUT2D eigenvalue weighted by atomic mass is 9.94. The molecule has 0 bridgehead atoms. The molecule has 72 heavy (non-hydrogen) atoms. The fourth-order valence-electron chi connectivity index (χ4n) is 7.99. The molecule has 4 aromatic rings.